The van der Waals surface area contributed by atoms with E-state index in [2.05, 4.69) is 15.2 Å². The zero-order valence-electron chi connectivity index (χ0n) is 10.7. The molecule has 0 aliphatic heterocycles. The summed E-state index contributed by atoms with van der Waals surface area (Å²) in [6.45, 7) is 2.84. The molecule has 2 rings (SSSR count). The summed E-state index contributed by atoms with van der Waals surface area (Å²) in [7, 11) is 3.97. The summed E-state index contributed by atoms with van der Waals surface area (Å²) >= 11 is 0. The standard InChI is InChI=1S/C12H16N4O2/c1-8(7-15(2)3)16-10-6-4-5-9(12(17)18)11(10)13-14-16/h4-6,8H,7H2,1-3H3,(H,17,18). The smallest absolute Gasteiger partial charge is 0.338 e. The number of carbonyl (C=O) groups is 1. The molecule has 1 aromatic carbocycles. The molecule has 0 amide bonds. The minimum absolute atomic E-state index is 0.133. The summed E-state index contributed by atoms with van der Waals surface area (Å²) in [4.78, 5) is 13.1. The molecule has 1 N–H and O–H groups in total. The normalized spacial score (nSPS) is 13.1. The van der Waals surface area contributed by atoms with Crippen molar-refractivity contribution in [2.45, 2.75) is 13.0 Å². The highest BCUT2D eigenvalue weighted by molar-refractivity contribution is 6.00. The first-order valence-corrected chi connectivity index (χ1v) is 5.72. The van der Waals surface area contributed by atoms with Gasteiger partial charge >= 0.3 is 5.97 Å². The van der Waals surface area contributed by atoms with Gasteiger partial charge in [-0.25, -0.2) is 9.48 Å². The van der Waals surface area contributed by atoms with Gasteiger partial charge in [0, 0.05) is 6.54 Å². The number of rotatable bonds is 4. The highest BCUT2D eigenvalue weighted by atomic mass is 16.4. The van der Waals surface area contributed by atoms with E-state index < -0.39 is 5.97 Å². The third-order valence-electron chi connectivity index (χ3n) is 2.78. The van der Waals surface area contributed by atoms with Crippen molar-refractivity contribution in [3.8, 4) is 0 Å². The van der Waals surface area contributed by atoms with E-state index in [-0.39, 0.29) is 11.6 Å². The molecule has 0 aliphatic carbocycles. The molecule has 96 valence electrons. The molecule has 6 nitrogen and oxygen atoms in total. The maximum atomic E-state index is 11.1. The van der Waals surface area contributed by atoms with Crippen molar-refractivity contribution in [2.75, 3.05) is 20.6 Å². The maximum Gasteiger partial charge on any atom is 0.338 e. The Morgan fingerprint density at radius 2 is 2.22 bits per heavy atom. The van der Waals surface area contributed by atoms with Crippen molar-refractivity contribution in [2.24, 2.45) is 0 Å². The van der Waals surface area contributed by atoms with Crippen LogP contribution < -0.4 is 0 Å². The number of carboxylic acid groups (broad SMARTS) is 1. The van der Waals surface area contributed by atoms with Crippen LogP contribution in [0.2, 0.25) is 0 Å². The topological polar surface area (TPSA) is 71.2 Å². The zero-order valence-corrected chi connectivity index (χ0v) is 10.7. The average Bonchev–Trinajstić information content (AvgIpc) is 2.70. The molecular weight excluding hydrogens is 232 g/mol. The molecule has 1 aromatic heterocycles. The van der Waals surface area contributed by atoms with Crippen molar-refractivity contribution < 1.29 is 9.90 Å². The lowest BCUT2D eigenvalue weighted by Crippen LogP contribution is -2.23. The lowest BCUT2D eigenvalue weighted by molar-refractivity contribution is 0.0699. The lowest BCUT2D eigenvalue weighted by Gasteiger charge is -2.17. The van der Waals surface area contributed by atoms with Crippen LogP contribution >= 0.6 is 0 Å². The van der Waals surface area contributed by atoms with Gasteiger partial charge < -0.3 is 10.0 Å². The van der Waals surface area contributed by atoms with E-state index >= 15 is 0 Å². The van der Waals surface area contributed by atoms with Crippen LogP contribution in [0.15, 0.2) is 18.2 Å². The second-order valence-corrected chi connectivity index (χ2v) is 4.62. The number of hydrogen-bond acceptors (Lipinski definition) is 4. The quantitative estimate of drug-likeness (QED) is 0.881. The van der Waals surface area contributed by atoms with Crippen molar-refractivity contribution in [1.29, 1.82) is 0 Å². The average molecular weight is 248 g/mol. The number of aromatic carboxylic acids is 1. The predicted octanol–water partition coefficient (Wildman–Crippen LogP) is 1.25. The Morgan fingerprint density at radius 3 is 2.83 bits per heavy atom. The Morgan fingerprint density at radius 1 is 1.50 bits per heavy atom. The van der Waals surface area contributed by atoms with E-state index in [0.29, 0.717) is 5.52 Å². The van der Waals surface area contributed by atoms with Crippen LogP contribution in [-0.4, -0.2) is 51.6 Å². The van der Waals surface area contributed by atoms with Crippen molar-refractivity contribution in [3.63, 3.8) is 0 Å². The Labute approximate surface area is 105 Å². The number of fused-ring (bicyclic) bond motifs is 1. The molecule has 2 aromatic rings. The van der Waals surface area contributed by atoms with Gasteiger partial charge in [-0.3, -0.25) is 0 Å². The zero-order chi connectivity index (χ0) is 13.3. The first-order valence-electron chi connectivity index (χ1n) is 5.72. The Bertz CT molecular complexity index is 576. The molecule has 0 bridgehead atoms. The fourth-order valence-corrected chi connectivity index (χ4v) is 2.07. The SMILES string of the molecule is CC(CN(C)C)n1nnc2c(C(=O)O)cccc21. The minimum atomic E-state index is -0.979. The molecular formula is C12H16N4O2. The molecule has 0 spiro atoms. The van der Waals surface area contributed by atoms with Crippen LogP contribution in [0.4, 0.5) is 0 Å². The Hall–Kier alpha value is -1.95. The molecule has 18 heavy (non-hydrogen) atoms. The third-order valence-corrected chi connectivity index (χ3v) is 2.78. The van der Waals surface area contributed by atoms with Crippen LogP contribution in [0.5, 0.6) is 0 Å². The summed E-state index contributed by atoms with van der Waals surface area (Å²) in [5.74, 6) is -0.979. The second kappa shape index (κ2) is 4.73. The van der Waals surface area contributed by atoms with Gasteiger partial charge in [-0.05, 0) is 33.2 Å². The van der Waals surface area contributed by atoms with Crippen molar-refractivity contribution >= 4 is 17.0 Å². The van der Waals surface area contributed by atoms with E-state index in [0.717, 1.165) is 12.1 Å². The molecule has 0 saturated heterocycles. The van der Waals surface area contributed by atoms with Gasteiger partial charge in [0.05, 0.1) is 17.1 Å². The molecule has 0 saturated carbocycles. The van der Waals surface area contributed by atoms with Crippen molar-refractivity contribution in [3.05, 3.63) is 23.8 Å². The van der Waals surface area contributed by atoms with E-state index in [9.17, 15) is 4.79 Å². The highest BCUT2D eigenvalue weighted by Gasteiger charge is 2.16. The molecule has 1 heterocycles. The van der Waals surface area contributed by atoms with Gasteiger partial charge in [0.25, 0.3) is 0 Å². The molecule has 1 atom stereocenters. The van der Waals surface area contributed by atoms with E-state index in [1.807, 2.05) is 27.1 Å². The molecule has 0 fully saturated rings. The van der Waals surface area contributed by atoms with Crippen LogP contribution in [0.3, 0.4) is 0 Å². The van der Waals surface area contributed by atoms with Crippen LogP contribution in [0.1, 0.15) is 23.3 Å². The largest absolute Gasteiger partial charge is 0.478 e. The summed E-state index contributed by atoms with van der Waals surface area (Å²) in [6.07, 6.45) is 0. The molecule has 0 radical (unpaired) electrons. The molecule has 0 aliphatic rings. The minimum Gasteiger partial charge on any atom is -0.478 e. The fourth-order valence-electron chi connectivity index (χ4n) is 2.07. The molecule has 1 unspecified atom stereocenters. The fraction of sp³-hybridized carbons (Fsp3) is 0.417. The van der Waals surface area contributed by atoms with Gasteiger partial charge in [0.15, 0.2) is 0 Å². The number of likely N-dealkylation sites (N-methyl/N-ethyl adjacent to an activating group) is 1. The third kappa shape index (κ3) is 2.19. The van der Waals surface area contributed by atoms with Crippen LogP contribution in [0, 0.1) is 0 Å². The number of nitrogens with zero attached hydrogens (tertiary/aromatic N) is 4. The molecule has 6 heteroatoms. The summed E-state index contributed by atoms with van der Waals surface area (Å²) in [6, 6.07) is 5.23. The summed E-state index contributed by atoms with van der Waals surface area (Å²) < 4.78 is 1.77. The monoisotopic (exact) mass is 248 g/mol. The number of hydrogen-bond donors (Lipinski definition) is 1. The first kappa shape index (κ1) is 12.5. The van der Waals surface area contributed by atoms with Gasteiger partial charge in [0.2, 0.25) is 0 Å². The Balaban J connectivity index is 2.48. The highest BCUT2D eigenvalue weighted by Crippen LogP contribution is 2.19. The van der Waals surface area contributed by atoms with Gasteiger partial charge in [-0.2, -0.15) is 0 Å². The first-order chi connectivity index (χ1) is 8.50. The van der Waals surface area contributed by atoms with E-state index in [1.54, 1.807) is 16.8 Å². The summed E-state index contributed by atoms with van der Waals surface area (Å²) in [5.41, 5.74) is 1.38. The van der Waals surface area contributed by atoms with Gasteiger partial charge in [0.1, 0.15) is 5.52 Å². The van der Waals surface area contributed by atoms with Crippen LogP contribution in [-0.2, 0) is 0 Å². The van der Waals surface area contributed by atoms with E-state index in [1.165, 1.54) is 0 Å². The number of aromatic nitrogens is 3. The summed E-state index contributed by atoms with van der Waals surface area (Å²) in [5, 5.41) is 17.1. The predicted molar refractivity (Wildman–Crippen MR) is 67.8 cm³/mol. The van der Waals surface area contributed by atoms with E-state index in [4.69, 9.17) is 5.11 Å². The van der Waals surface area contributed by atoms with Crippen LogP contribution in [0.25, 0.3) is 11.0 Å². The number of benzene rings is 1. The van der Waals surface area contributed by atoms with Gasteiger partial charge in [-0.1, -0.05) is 11.3 Å². The second-order valence-electron chi connectivity index (χ2n) is 4.62. The van der Waals surface area contributed by atoms with Crippen molar-refractivity contribution in [1.82, 2.24) is 19.9 Å². The maximum absolute atomic E-state index is 11.1. The lowest BCUT2D eigenvalue weighted by atomic mass is 10.2. The number of carboxylic acids is 1. The van der Waals surface area contributed by atoms with Gasteiger partial charge in [-0.15, -0.1) is 5.10 Å². The Kier molecular flexibility index (Phi) is 3.29.